The molecule has 1 amide bonds. The Kier molecular flexibility index (Phi) is 4.98. The number of nitrogens with zero attached hydrogens (tertiary/aromatic N) is 1. The molecular formula is C17H24N4O. The summed E-state index contributed by atoms with van der Waals surface area (Å²) < 4.78 is 0. The first-order valence-electron chi connectivity index (χ1n) is 7.61. The van der Waals surface area contributed by atoms with E-state index in [0.717, 1.165) is 17.7 Å². The van der Waals surface area contributed by atoms with Crippen molar-refractivity contribution in [3.8, 4) is 11.3 Å². The Labute approximate surface area is 131 Å². The number of hydrogen-bond acceptors (Lipinski definition) is 3. The van der Waals surface area contributed by atoms with E-state index < -0.39 is 6.04 Å². The first-order valence-corrected chi connectivity index (χ1v) is 7.61. The van der Waals surface area contributed by atoms with Gasteiger partial charge in [-0.2, -0.15) is 5.10 Å². The van der Waals surface area contributed by atoms with Gasteiger partial charge < -0.3 is 11.1 Å². The molecule has 0 saturated carbocycles. The predicted molar refractivity (Wildman–Crippen MR) is 89.6 cm³/mol. The van der Waals surface area contributed by atoms with Crippen molar-refractivity contribution in [2.45, 2.75) is 40.2 Å². The minimum atomic E-state index is -0.522. The van der Waals surface area contributed by atoms with Crippen LogP contribution in [0.1, 0.15) is 31.4 Å². The van der Waals surface area contributed by atoms with Gasteiger partial charge in [-0.1, -0.05) is 37.5 Å². The van der Waals surface area contributed by atoms with Crippen LogP contribution in [-0.4, -0.2) is 22.1 Å². The monoisotopic (exact) mass is 300 g/mol. The van der Waals surface area contributed by atoms with Gasteiger partial charge in [0.25, 0.3) is 0 Å². The number of carbonyl (C=O) groups is 1. The molecule has 2 atom stereocenters. The maximum absolute atomic E-state index is 12.1. The number of H-pyrrole nitrogens is 1. The Morgan fingerprint density at radius 1 is 1.27 bits per heavy atom. The van der Waals surface area contributed by atoms with E-state index in [1.165, 1.54) is 11.1 Å². The van der Waals surface area contributed by atoms with Crippen molar-refractivity contribution in [1.82, 2.24) is 10.2 Å². The minimum Gasteiger partial charge on any atom is -0.320 e. The molecule has 0 fully saturated rings. The summed E-state index contributed by atoms with van der Waals surface area (Å²) in [6.07, 6.45) is 0.864. The van der Waals surface area contributed by atoms with Gasteiger partial charge in [0.15, 0.2) is 5.82 Å². The second-order valence-corrected chi connectivity index (χ2v) is 5.94. The van der Waals surface area contributed by atoms with Crippen LogP contribution < -0.4 is 11.1 Å². The van der Waals surface area contributed by atoms with E-state index in [9.17, 15) is 4.79 Å². The highest BCUT2D eigenvalue weighted by molar-refractivity contribution is 5.94. The third kappa shape index (κ3) is 3.74. The summed E-state index contributed by atoms with van der Waals surface area (Å²) in [5.41, 5.74) is 10.2. The van der Waals surface area contributed by atoms with Gasteiger partial charge in [0.1, 0.15) is 0 Å². The zero-order chi connectivity index (χ0) is 16.3. The number of benzene rings is 1. The van der Waals surface area contributed by atoms with Crippen molar-refractivity contribution < 1.29 is 4.79 Å². The van der Waals surface area contributed by atoms with Gasteiger partial charge >= 0.3 is 0 Å². The summed E-state index contributed by atoms with van der Waals surface area (Å²) in [7, 11) is 0. The molecular weight excluding hydrogens is 276 g/mol. The molecule has 1 heterocycles. The summed E-state index contributed by atoms with van der Waals surface area (Å²) >= 11 is 0. The van der Waals surface area contributed by atoms with Gasteiger partial charge in [-0.25, -0.2) is 0 Å². The molecule has 22 heavy (non-hydrogen) atoms. The molecule has 0 spiro atoms. The molecule has 0 aliphatic carbocycles. The fourth-order valence-corrected chi connectivity index (χ4v) is 2.39. The Hall–Kier alpha value is -2.14. The number of anilines is 1. The average molecular weight is 300 g/mol. The fourth-order valence-electron chi connectivity index (χ4n) is 2.39. The van der Waals surface area contributed by atoms with Crippen molar-refractivity contribution >= 4 is 11.7 Å². The number of aryl methyl sites for hydroxylation is 2. The summed E-state index contributed by atoms with van der Waals surface area (Å²) in [5, 5.41) is 9.88. The van der Waals surface area contributed by atoms with E-state index in [0.29, 0.717) is 5.82 Å². The molecule has 5 heteroatoms. The number of aromatic nitrogens is 2. The van der Waals surface area contributed by atoms with Gasteiger partial charge in [-0.15, -0.1) is 0 Å². The maximum Gasteiger partial charge on any atom is 0.242 e. The molecule has 118 valence electrons. The van der Waals surface area contributed by atoms with Crippen molar-refractivity contribution in [3.63, 3.8) is 0 Å². The lowest BCUT2D eigenvalue weighted by Gasteiger charge is -2.16. The van der Waals surface area contributed by atoms with Crippen LogP contribution in [0, 0.1) is 19.8 Å². The lowest BCUT2D eigenvalue weighted by atomic mass is 9.99. The zero-order valence-corrected chi connectivity index (χ0v) is 13.6. The van der Waals surface area contributed by atoms with E-state index >= 15 is 0 Å². The fraction of sp³-hybridized carbons (Fsp3) is 0.412. The molecule has 2 aromatic rings. The molecule has 0 aliphatic rings. The van der Waals surface area contributed by atoms with Crippen LogP contribution >= 0.6 is 0 Å². The van der Waals surface area contributed by atoms with Crippen LogP contribution in [-0.2, 0) is 4.79 Å². The molecule has 1 aromatic heterocycles. The molecule has 5 nitrogen and oxygen atoms in total. The predicted octanol–water partition coefficient (Wildman–Crippen LogP) is 3.01. The zero-order valence-electron chi connectivity index (χ0n) is 13.6. The Morgan fingerprint density at radius 2 is 1.91 bits per heavy atom. The van der Waals surface area contributed by atoms with Gasteiger partial charge in [0.05, 0.1) is 11.7 Å². The lowest BCUT2D eigenvalue weighted by Crippen LogP contribution is -2.40. The molecule has 2 rings (SSSR count). The first-order chi connectivity index (χ1) is 10.4. The Bertz CT molecular complexity index is 642. The number of aromatic amines is 1. The van der Waals surface area contributed by atoms with Gasteiger partial charge in [0, 0.05) is 11.6 Å². The Morgan fingerprint density at radius 3 is 2.50 bits per heavy atom. The van der Waals surface area contributed by atoms with Crippen LogP contribution in [0.15, 0.2) is 24.3 Å². The van der Waals surface area contributed by atoms with E-state index in [1.807, 2.05) is 19.9 Å². The van der Waals surface area contributed by atoms with Crippen LogP contribution in [0.5, 0.6) is 0 Å². The van der Waals surface area contributed by atoms with Crippen molar-refractivity contribution in [2.75, 3.05) is 5.32 Å². The van der Waals surface area contributed by atoms with E-state index in [2.05, 4.69) is 47.6 Å². The summed E-state index contributed by atoms with van der Waals surface area (Å²) in [6, 6.07) is 7.59. The molecule has 0 saturated heterocycles. The second-order valence-electron chi connectivity index (χ2n) is 5.94. The molecule has 1 aromatic carbocycles. The van der Waals surface area contributed by atoms with E-state index in [1.54, 1.807) is 0 Å². The summed E-state index contributed by atoms with van der Waals surface area (Å²) in [5.74, 6) is 0.434. The number of hydrogen-bond donors (Lipinski definition) is 3. The van der Waals surface area contributed by atoms with Gasteiger partial charge in [-0.3, -0.25) is 9.89 Å². The topological polar surface area (TPSA) is 83.8 Å². The standard InChI is InChI=1S/C17H24N4O/c1-5-12(4)16(18)17(22)19-15-9-14(20-21-15)13-7-10(2)6-11(3)8-13/h6-9,12,16H,5,18H2,1-4H3,(H2,19,20,21,22). The molecule has 4 N–H and O–H groups in total. The van der Waals surface area contributed by atoms with E-state index in [-0.39, 0.29) is 11.8 Å². The van der Waals surface area contributed by atoms with Crippen LogP contribution in [0.25, 0.3) is 11.3 Å². The first kappa shape index (κ1) is 16.2. The maximum atomic E-state index is 12.1. The number of nitrogens with one attached hydrogen (secondary N) is 2. The highest BCUT2D eigenvalue weighted by Gasteiger charge is 2.20. The quantitative estimate of drug-likeness (QED) is 0.793. The van der Waals surface area contributed by atoms with Gasteiger partial charge in [-0.05, 0) is 31.9 Å². The van der Waals surface area contributed by atoms with Crippen molar-refractivity contribution in [2.24, 2.45) is 11.7 Å². The highest BCUT2D eigenvalue weighted by atomic mass is 16.2. The summed E-state index contributed by atoms with van der Waals surface area (Å²) in [6.45, 7) is 8.10. The number of amides is 1. The largest absolute Gasteiger partial charge is 0.320 e. The van der Waals surface area contributed by atoms with Crippen LogP contribution in [0.3, 0.4) is 0 Å². The SMILES string of the molecule is CCC(C)C(N)C(=O)Nc1cc(-c2cc(C)cc(C)c2)[nH]n1. The number of nitrogens with two attached hydrogens (primary N) is 1. The molecule has 0 radical (unpaired) electrons. The third-order valence-corrected chi connectivity index (χ3v) is 3.92. The van der Waals surface area contributed by atoms with E-state index in [4.69, 9.17) is 5.73 Å². The molecule has 0 aliphatic heterocycles. The van der Waals surface area contributed by atoms with Crippen LogP contribution in [0.2, 0.25) is 0 Å². The highest BCUT2D eigenvalue weighted by Crippen LogP contribution is 2.22. The third-order valence-electron chi connectivity index (χ3n) is 3.92. The number of carbonyl (C=O) groups excluding carboxylic acids is 1. The van der Waals surface area contributed by atoms with Crippen molar-refractivity contribution in [3.05, 3.63) is 35.4 Å². The van der Waals surface area contributed by atoms with Crippen LogP contribution in [0.4, 0.5) is 5.82 Å². The minimum absolute atomic E-state index is 0.137. The Balaban J connectivity index is 2.13. The van der Waals surface area contributed by atoms with Gasteiger partial charge in [0.2, 0.25) is 5.91 Å². The average Bonchev–Trinajstić information content (AvgIpc) is 2.93. The number of rotatable bonds is 5. The smallest absolute Gasteiger partial charge is 0.242 e. The molecule has 2 unspecified atom stereocenters. The second kappa shape index (κ2) is 6.75. The van der Waals surface area contributed by atoms with Crippen molar-refractivity contribution in [1.29, 1.82) is 0 Å². The lowest BCUT2D eigenvalue weighted by molar-refractivity contribution is -0.118. The summed E-state index contributed by atoms with van der Waals surface area (Å²) in [4.78, 5) is 12.1. The normalized spacial score (nSPS) is 13.7. The molecule has 0 bridgehead atoms.